The van der Waals surface area contributed by atoms with Crippen LogP contribution in [0.15, 0.2) is 34.4 Å². The molecule has 1 aromatic carbocycles. The minimum atomic E-state index is -0.486. The molecular weight excluding hydrogens is 257 g/mol. The minimum Gasteiger partial charge on any atom is -0.507 e. The van der Waals surface area contributed by atoms with Crippen LogP contribution in [0.5, 0.6) is 5.75 Å². The second kappa shape index (κ2) is 4.19. The van der Waals surface area contributed by atoms with Gasteiger partial charge in [-0.25, -0.2) is 4.39 Å². The van der Waals surface area contributed by atoms with Gasteiger partial charge in [-0.15, -0.1) is 11.3 Å². The summed E-state index contributed by atoms with van der Waals surface area (Å²) in [6.07, 6.45) is 1.60. The predicted molar refractivity (Wildman–Crippen MR) is 62.5 cm³/mol. The number of hydrogen-bond acceptors (Lipinski definition) is 6. The van der Waals surface area contributed by atoms with Crippen molar-refractivity contribution in [3.05, 3.63) is 35.7 Å². The van der Waals surface area contributed by atoms with Gasteiger partial charge < -0.3 is 9.63 Å². The molecule has 0 fully saturated rings. The molecule has 2 aromatic heterocycles. The number of thiazole rings is 1. The van der Waals surface area contributed by atoms with Gasteiger partial charge in [0.25, 0.3) is 5.89 Å². The zero-order chi connectivity index (χ0) is 12.5. The molecule has 3 aromatic rings. The Hall–Kier alpha value is -2.28. The van der Waals surface area contributed by atoms with Crippen LogP contribution in [0.4, 0.5) is 4.39 Å². The van der Waals surface area contributed by atoms with Crippen molar-refractivity contribution in [1.82, 2.24) is 15.1 Å². The molecule has 0 aliphatic heterocycles. The van der Waals surface area contributed by atoms with Crippen LogP contribution in [0.25, 0.3) is 22.2 Å². The van der Waals surface area contributed by atoms with Crippen LogP contribution in [0.1, 0.15) is 0 Å². The summed E-state index contributed by atoms with van der Waals surface area (Å²) in [5.41, 5.74) is 1.81. The van der Waals surface area contributed by atoms with Crippen molar-refractivity contribution in [2.75, 3.05) is 0 Å². The van der Waals surface area contributed by atoms with Crippen molar-refractivity contribution in [2.24, 2.45) is 0 Å². The van der Waals surface area contributed by atoms with Crippen LogP contribution in [0.3, 0.4) is 0 Å². The SMILES string of the molecule is Oc1ccc(F)cc1-c1nc(-c2cncs2)no1. The molecule has 2 heterocycles. The quantitative estimate of drug-likeness (QED) is 0.769. The first-order chi connectivity index (χ1) is 8.74. The molecule has 90 valence electrons. The number of benzene rings is 1. The number of rotatable bonds is 2. The van der Waals surface area contributed by atoms with Gasteiger partial charge in [0.05, 0.1) is 16.0 Å². The predicted octanol–water partition coefficient (Wildman–Crippen LogP) is 2.70. The van der Waals surface area contributed by atoms with Crippen LogP contribution in [0, 0.1) is 5.82 Å². The molecule has 5 nitrogen and oxygen atoms in total. The summed E-state index contributed by atoms with van der Waals surface area (Å²) < 4.78 is 18.1. The van der Waals surface area contributed by atoms with Gasteiger partial charge in [0, 0.05) is 6.20 Å². The van der Waals surface area contributed by atoms with Gasteiger partial charge in [-0.3, -0.25) is 4.98 Å². The normalized spacial score (nSPS) is 10.7. The molecule has 1 N–H and O–H groups in total. The third-order valence-electron chi connectivity index (χ3n) is 2.27. The van der Waals surface area contributed by atoms with Crippen molar-refractivity contribution >= 4 is 11.3 Å². The third kappa shape index (κ3) is 1.84. The molecular formula is C11H6FN3O2S. The highest BCUT2D eigenvalue weighted by atomic mass is 32.1. The van der Waals surface area contributed by atoms with E-state index in [-0.39, 0.29) is 17.2 Å². The van der Waals surface area contributed by atoms with Crippen molar-refractivity contribution in [1.29, 1.82) is 0 Å². The highest BCUT2D eigenvalue weighted by molar-refractivity contribution is 7.13. The third-order valence-corrected chi connectivity index (χ3v) is 3.04. The van der Waals surface area contributed by atoms with E-state index in [2.05, 4.69) is 15.1 Å². The molecule has 0 atom stereocenters. The minimum absolute atomic E-state index is 0.0652. The fraction of sp³-hybridized carbons (Fsp3) is 0. The van der Waals surface area contributed by atoms with E-state index >= 15 is 0 Å². The average Bonchev–Trinajstić information content (AvgIpc) is 3.00. The number of aromatic nitrogens is 3. The van der Waals surface area contributed by atoms with Crippen LogP contribution in [0.2, 0.25) is 0 Å². The molecule has 0 bridgehead atoms. The summed E-state index contributed by atoms with van der Waals surface area (Å²) in [5, 5.41) is 13.4. The molecule has 18 heavy (non-hydrogen) atoms. The van der Waals surface area contributed by atoms with Gasteiger partial charge >= 0.3 is 0 Å². The van der Waals surface area contributed by atoms with Crippen LogP contribution in [-0.4, -0.2) is 20.2 Å². The van der Waals surface area contributed by atoms with E-state index in [0.717, 1.165) is 17.0 Å². The lowest BCUT2D eigenvalue weighted by atomic mass is 10.2. The number of nitrogens with zero attached hydrogens (tertiary/aromatic N) is 3. The molecule has 0 aliphatic carbocycles. The Labute approximate surface area is 105 Å². The summed E-state index contributed by atoms with van der Waals surface area (Å²) in [6, 6.07) is 3.53. The van der Waals surface area contributed by atoms with Crippen molar-refractivity contribution in [2.45, 2.75) is 0 Å². The lowest BCUT2D eigenvalue weighted by Crippen LogP contribution is -1.82. The highest BCUT2D eigenvalue weighted by Gasteiger charge is 2.15. The van der Waals surface area contributed by atoms with Crippen molar-refractivity contribution < 1.29 is 14.0 Å². The topological polar surface area (TPSA) is 72.0 Å². The fourth-order valence-electron chi connectivity index (χ4n) is 1.44. The number of hydrogen-bond donors (Lipinski definition) is 1. The van der Waals surface area contributed by atoms with E-state index in [1.54, 1.807) is 11.7 Å². The first kappa shape index (κ1) is 10.8. The number of phenols is 1. The molecule has 0 saturated heterocycles. The van der Waals surface area contributed by atoms with Gasteiger partial charge in [0.2, 0.25) is 5.82 Å². The first-order valence-corrected chi connectivity index (χ1v) is 5.83. The summed E-state index contributed by atoms with van der Waals surface area (Å²) in [4.78, 5) is 8.73. The lowest BCUT2D eigenvalue weighted by Gasteiger charge is -1.98. The van der Waals surface area contributed by atoms with Crippen LogP contribution < -0.4 is 0 Å². The standard InChI is InChI=1S/C11H6FN3O2S/c12-6-1-2-8(16)7(3-6)11-14-10(15-17-11)9-4-13-5-18-9/h1-5,16H. The monoisotopic (exact) mass is 263 g/mol. The fourth-order valence-corrected chi connectivity index (χ4v) is 1.98. The molecule has 0 unspecified atom stereocenters. The summed E-state index contributed by atoms with van der Waals surface area (Å²) in [5.74, 6) is -0.178. The molecule has 0 amide bonds. The van der Waals surface area contributed by atoms with Gasteiger partial charge in [0.15, 0.2) is 0 Å². The van der Waals surface area contributed by atoms with E-state index in [1.807, 2.05) is 0 Å². The maximum atomic E-state index is 13.1. The highest BCUT2D eigenvalue weighted by Crippen LogP contribution is 2.30. The Balaban J connectivity index is 2.05. The summed E-state index contributed by atoms with van der Waals surface area (Å²) in [7, 11) is 0. The summed E-state index contributed by atoms with van der Waals surface area (Å²) in [6.45, 7) is 0. The van der Waals surface area contributed by atoms with Gasteiger partial charge in [0.1, 0.15) is 11.6 Å². The molecule has 0 aliphatic rings. The largest absolute Gasteiger partial charge is 0.507 e. The summed E-state index contributed by atoms with van der Waals surface area (Å²) >= 11 is 1.36. The average molecular weight is 263 g/mol. The van der Waals surface area contributed by atoms with Crippen LogP contribution >= 0.6 is 11.3 Å². The maximum Gasteiger partial charge on any atom is 0.262 e. The molecule has 0 radical (unpaired) electrons. The van der Waals surface area contributed by atoms with Gasteiger partial charge in [-0.05, 0) is 18.2 Å². The first-order valence-electron chi connectivity index (χ1n) is 4.95. The Bertz CT molecular complexity index is 681. The Morgan fingerprint density at radius 2 is 2.22 bits per heavy atom. The maximum absolute atomic E-state index is 13.1. The lowest BCUT2D eigenvalue weighted by molar-refractivity contribution is 0.425. The number of aromatic hydroxyl groups is 1. The zero-order valence-corrected chi connectivity index (χ0v) is 9.69. The van der Waals surface area contributed by atoms with E-state index in [0.29, 0.717) is 5.82 Å². The van der Waals surface area contributed by atoms with Gasteiger partial charge in [-0.1, -0.05) is 5.16 Å². The van der Waals surface area contributed by atoms with E-state index in [4.69, 9.17) is 4.52 Å². The Morgan fingerprint density at radius 1 is 1.33 bits per heavy atom. The van der Waals surface area contributed by atoms with Crippen molar-refractivity contribution in [3.8, 4) is 27.9 Å². The smallest absolute Gasteiger partial charge is 0.262 e. The second-order valence-electron chi connectivity index (χ2n) is 3.45. The number of phenolic OH excluding ortho intramolecular Hbond substituents is 1. The van der Waals surface area contributed by atoms with Crippen molar-refractivity contribution in [3.63, 3.8) is 0 Å². The van der Waals surface area contributed by atoms with E-state index in [9.17, 15) is 9.50 Å². The van der Waals surface area contributed by atoms with E-state index in [1.165, 1.54) is 17.4 Å². The van der Waals surface area contributed by atoms with Gasteiger partial charge in [-0.2, -0.15) is 4.98 Å². The van der Waals surface area contributed by atoms with E-state index < -0.39 is 5.82 Å². The Morgan fingerprint density at radius 3 is 3.00 bits per heavy atom. The Kier molecular flexibility index (Phi) is 2.52. The molecule has 3 rings (SSSR count). The molecule has 0 saturated carbocycles. The molecule has 0 spiro atoms. The number of halogens is 1. The second-order valence-corrected chi connectivity index (χ2v) is 4.34. The van der Waals surface area contributed by atoms with Crippen LogP contribution in [-0.2, 0) is 0 Å². The molecule has 7 heteroatoms. The zero-order valence-electron chi connectivity index (χ0n) is 8.87.